The number of aromatic nitrogens is 2. The van der Waals surface area contributed by atoms with Crippen molar-refractivity contribution in [3.63, 3.8) is 0 Å². The summed E-state index contributed by atoms with van der Waals surface area (Å²) in [5, 5.41) is 1.81. The Hall–Kier alpha value is -1.97. The molecule has 0 N–H and O–H groups in total. The summed E-state index contributed by atoms with van der Waals surface area (Å²) in [4.78, 5) is 11.5. The molecule has 1 saturated heterocycles. The third kappa shape index (κ3) is 2.58. The van der Waals surface area contributed by atoms with Gasteiger partial charge in [0, 0.05) is 42.8 Å². The molecule has 4 heteroatoms. The van der Waals surface area contributed by atoms with E-state index in [1.54, 1.807) is 0 Å². The van der Waals surface area contributed by atoms with E-state index in [1.165, 1.54) is 5.69 Å². The fraction of sp³-hybridized carbons (Fsp3) is 0.222. The van der Waals surface area contributed by atoms with Gasteiger partial charge < -0.3 is 0 Å². The predicted molar refractivity (Wildman–Crippen MR) is 89.0 cm³/mol. The Labute approximate surface area is 134 Å². The predicted octanol–water partition coefficient (Wildman–Crippen LogP) is 3.88. The van der Waals surface area contributed by atoms with Crippen molar-refractivity contribution < 1.29 is 0 Å². The Balaban J connectivity index is 1.46. The smallest absolute Gasteiger partial charge is 0.0891 e. The topological polar surface area (TPSA) is 29.0 Å². The molecule has 1 aliphatic heterocycles. The van der Waals surface area contributed by atoms with Crippen LogP contribution < -0.4 is 0 Å². The normalized spacial score (nSPS) is 15.9. The highest BCUT2D eigenvalue weighted by molar-refractivity contribution is 6.35. The monoisotopic (exact) mass is 309 g/mol. The van der Waals surface area contributed by atoms with Crippen molar-refractivity contribution in [1.29, 1.82) is 0 Å². The first-order valence-electron chi connectivity index (χ1n) is 7.47. The SMILES string of the molecule is Clc1cccc2ccc(CN3CC(c4ccccn4)C3)nc12. The van der Waals surface area contributed by atoms with Crippen molar-refractivity contribution in [2.24, 2.45) is 0 Å². The van der Waals surface area contributed by atoms with Gasteiger partial charge in [0.05, 0.1) is 16.2 Å². The minimum Gasteiger partial charge on any atom is -0.296 e. The summed E-state index contributed by atoms with van der Waals surface area (Å²) in [6.45, 7) is 2.95. The molecule has 4 rings (SSSR count). The minimum atomic E-state index is 0.547. The van der Waals surface area contributed by atoms with Crippen molar-refractivity contribution in [1.82, 2.24) is 14.9 Å². The summed E-state index contributed by atoms with van der Waals surface area (Å²) in [6, 6.07) is 16.2. The molecular weight excluding hydrogens is 294 g/mol. The molecule has 0 spiro atoms. The van der Waals surface area contributed by atoms with Gasteiger partial charge >= 0.3 is 0 Å². The number of benzene rings is 1. The van der Waals surface area contributed by atoms with E-state index in [2.05, 4.69) is 34.1 Å². The van der Waals surface area contributed by atoms with Crippen LogP contribution in [-0.2, 0) is 6.54 Å². The van der Waals surface area contributed by atoms with Gasteiger partial charge in [-0.2, -0.15) is 0 Å². The van der Waals surface area contributed by atoms with Crippen LogP contribution in [0.1, 0.15) is 17.3 Å². The van der Waals surface area contributed by atoms with E-state index < -0.39 is 0 Å². The summed E-state index contributed by atoms with van der Waals surface area (Å²) in [5.74, 6) is 0.547. The number of likely N-dealkylation sites (tertiary alicyclic amines) is 1. The molecule has 0 bridgehead atoms. The Kier molecular flexibility index (Phi) is 3.53. The summed E-state index contributed by atoms with van der Waals surface area (Å²) < 4.78 is 0. The average Bonchev–Trinajstić information content (AvgIpc) is 2.52. The molecule has 0 aliphatic carbocycles. The van der Waals surface area contributed by atoms with Crippen LogP contribution in [0.5, 0.6) is 0 Å². The summed E-state index contributed by atoms with van der Waals surface area (Å²) in [7, 11) is 0. The molecule has 110 valence electrons. The van der Waals surface area contributed by atoms with Crippen LogP contribution in [0.2, 0.25) is 5.02 Å². The lowest BCUT2D eigenvalue weighted by molar-refractivity contribution is 0.135. The Bertz CT molecular complexity index is 798. The van der Waals surface area contributed by atoms with Gasteiger partial charge in [0.2, 0.25) is 0 Å². The van der Waals surface area contributed by atoms with E-state index in [-0.39, 0.29) is 0 Å². The number of hydrogen-bond acceptors (Lipinski definition) is 3. The third-order valence-electron chi connectivity index (χ3n) is 4.18. The Morgan fingerprint density at radius 1 is 1.05 bits per heavy atom. The lowest BCUT2D eigenvalue weighted by atomic mass is 9.95. The summed E-state index contributed by atoms with van der Waals surface area (Å²) >= 11 is 6.23. The second-order valence-electron chi connectivity index (χ2n) is 5.76. The first-order valence-corrected chi connectivity index (χ1v) is 7.85. The van der Waals surface area contributed by atoms with E-state index in [9.17, 15) is 0 Å². The van der Waals surface area contributed by atoms with Crippen LogP contribution in [0.15, 0.2) is 54.7 Å². The first-order chi connectivity index (χ1) is 10.8. The fourth-order valence-corrected chi connectivity index (χ4v) is 3.20. The largest absolute Gasteiger partial charge is 0.296 e. The summed E-state index contributed by atoms with van der Waals surface area (Å²) in [5.41, 5.74) is 3.15. The van der Waals surface area contributed by atoms with Crippen LogP contribution >= 0.6 is 11.6 Å². The molecule has 3 aromatic rings. The van der Waals surface area contributed by atoms with Gasteiger partial charge in [0.15, 0.2) is 0 Å². The number of halogens is 1. The molecule has 1 aromatic carbocycles. The number of fused-ring (bicyclic) bond motifs is 1. The molecule has 1 aliphatic rings. The van der Waals surface area contributed by atoms with Gasteiger partial charge in [-0.1, -0.05) is 35.9 Å². The maximum atomic E-state index is 6.23. The van der Waals surface area contributed by atoms with Gasteiger partial charge in [0.1, 0.15) is 0 Å². The lowest BCUT2D eigenvalue weighted by Gasteiger charge is -2.38. The molecule has 0 amide bonds. The quantitative estimate of drug-likeness (QED) is 0.735. The second kappa shape index (κ2) is 5.67. The van der Waals surface area contributed by atoms with Crippen LogP contribution in [0.25, 0.3) is 10.9 Å². The van der Waals surface area contributed by atoms with Crippen molar-refractivity contribution in [3.8, 4) is 0 Å². The van der Waals surface area contributed by atoms with Crippen molar-refractivity contribution in [3.05, 3.63) is 71.1 Å². The standard InChI is InChI=1S/C18H16ClN3/c19-16-5-3-4-13-7-8-15(21-18(13)16)12-22-10-14(11-22)17-6-1-2-9-20-17/h1-9,14H,10-12H2. The van der Waals surface area contributed by atoms with Crippen LogP contribution in [-0.4, -0.2) is 28.0 Å². The molecule has 3 heterocycles. The molecule has 2 aromatic heterocycles. The van der Waals surface area contributed by atoms with E-state index in [1.807, 2.05) is 30.5 Å². The van der Waals surface area contributed by atoms with Gasteiger partial charge in [-0.3, -0.25) is 9.88 Å². The first kappa shape index (κ1) is 13.7. The highest BCUT2D eigenvalue weighted by Gasteiger charge is 2.28. The summed E-state index contributed by atoms with van der Waals surface area (Å²) in [6.07, 6.45) is 1.87. The zero-order valence-corrected chi connectivity index (χ0v) is 12.9. The zero-order valence-electron chi connectivity index (χ0n) is 12.1. The van der Waals surface area contributed by atoms with Crippen LogP contribution in [0.3, 0.4) is 0 Å². The van der Waals surface area contributed by atoms with E-state index in [0.717, 1.165) is 36.2 Å². The van der Waals surface area contributed by atoms with Gasteiger partial charge in [-0.25, -0.2) is 4.98 Å². The molecule has 0 unspecified atom stereocenters. The van der Waals surface area contributed by atoms with Gasteiger partial charge in [-0.05, 0) is 24.3 Å². The van der Waals surface area contributed by atoms with Crippen LogP contribution in [0.4, 0.5) is 0 Å². The minimum absolute atomic E-state index is 0.547. The Morgan fingerprint density at radius 3 is 2.77 bits per heavy atom. The maximum Gasteiger partial charge on any atom is 0.0891 e. The van der Waals surface area contributed by atoms with Gasteiger partial charge in [-0.15, -0.1) is 0 Å². The van der Waals surface area contributed by atoms with Crippen molar-refractivity contribution in [2.45, 2.75) is 12.5 Å². The van der Waals surface area contributed by atoms with Crippen molar-refractivity contribution >= 4 is 22.5 Å². The average molecular weight is 310 g/mol. The highest BCUT2D eigenvalue weighted by atomic mass is 35.5. The highest BCUT2D eigenvalue weighted by Crippen LogP contribution is 2.27. The molecule has 22 heavy (non-hydrogen) atoms. The molecule has 1 fully saturated rings. The Morgan fingerprint density at radius 2 is 1.95 bits per heavy atom. The third-order valence-corrected chi connectivity index (χ3v) is 4.48. The van der Waals surface area contributed by atoms with Crippen LogP contribution in [0, 0.1) is 0 Å². The molecule has 0 atom stereocenters. The molecule has 3 nitrogen and oxygen atoms in total. The number of nitrogens with zero attached hydrogens (tertiary/aromatic N) is 3. The second-order valence-corrected chi connectivity index (χ2v) is 6.17. The molecular formula is C18H16ClN3. The number of rotatable bonds is 3. The lowest BCUT2D eigenvalue weighted by Crippen LogP contribution is -2.44. The number of pyridine rings is 2. The van der Waals surface area contributed by atoms with Crippen molar-refractivity contribution in [2.75, 3.05) is 13.1 Å². The number of para-hydroxylation sites is 1. The zero-order chi connectivity index (χ0) is 14.9. The number of hydrogen-bond donors (Lipinski definition) is 0. The maximum absolute atomic E-state index is 6.23. The van der Waals surface area contributed by atoms with Gasteiger partial charge in [0.25, 0.3) is 0 Å². The molecule has 0 saturated carbocycles. The van der Waals surface area contributed by atoms with E-state index in [4.69, 9.17) is 16.6 Å². The van der Waals surface area contributed by atoms with E-state index in [0.29, 0.717) is 10.9 Å². The van der Waals surface area contributed by atoms with E-state index >= 15 is 0 Å². The fourth-order valence-electron chi connectivity index (χ4n) is 2.97. The molecule has 0 radical (unpaired) electrons.